The molecule has 0 saturated heterocycles. The third-order valence-corrected chi connectivity index (χ3v) is 11.3. The fourth-order valence-corrected chi connectivity index (χ4v) is 7.42. The molecular formula is C49H91N2O6P. The van der Waals surface area contributed by atoms with Crippen LogP contribution in [-0.4, -0.2) is 47.8 Å². The first-order valence-electron chi connectivity index (χ1n) is 23.9. The standard InChI is InChI=1S/C49H91N2O6P/c1-3-5-7-9-11-13-15-17-19-21-23-24-25-26-28-30-32-34-36-38-40-42-48(52)47(46-57-58(54,55)56-45-44-50)51-49(53)43-41-39-37-35-33-31-29-27-22-20-18-16-14-12-10-8-6-4-2/h14,16,20,22,25-26,32,34,40,42,47-48,52H,3-13,15,17-19,21,23-24,27-31,33,35-39,41,43-46,50H2,1-2H3,(H,51,53)(H,54,55)/b16-14-,22-20-,26-25+,34-32+,42-40+. The van der Waals surface area contributed by atoms with Gasteiger partial charge in [-0.3, -0.25) is 13.8 Å². The highest BCUT2D eigenvalue weighted by molar-refractivity contribution is 7.47. The number of phosphoric ester groups is 1. The van der Waals surface area contributed by atoms with Crippen molar-refractivity contribution in [1.29, 1.82) is 0 Å². The summed E-state index contributed by atoms with van der Waals surface area (Å²) >= 11 is 0. The van der Waals surface area contributed by atoms with Crippen molar-refractivity contribution >= 4 is 13.7 Å². The highest BCUT2D eigenvalue weighted by Crippen LogP contribution is 2.43. The minimum Gasteiger partial charge on any atom is -0.387 e. The van der Waals surface area contributed by atoms with Crippen LogP contribution in [0.25, 0.3) is 0 Å². The zero-order chi connectivity index (χ0) is 42.5. The molecule has 1 amide bonds. The van der Waals surface area contributed by atoms with E-state index < -0.39 is 20.0 Å². The summed E-state index contributed by atoms with van der Waals surface area (Å²) in [6.07, 6.45) is 57.1. The van der Waals surface area contributed by atoms with E-state index in [2.05, 4.69) is 67.8 Å². The second kappa shape index (κ2) is 44.7. The maximum absolute atomic E-state index is 12.8. The van der Waals surface area contributed by atoms with Crippen molar-refractivity contribution in [2.24, 2.45) is 5.73 Å². The van der Waals surface area contributed by atoms with Crippen molar-refractivity contribution in [3.8, 4) is 0 Å². The van der Waals surface area contributed by atoms with Gasteiger partial charge in [-0.2, -0.15) is 0 Å². The molecule has 3 atom stereocenters. The summed E-state index contributed by atoms with van der Waals surface area (Å²) in [6.45, 7) is 4.09. The van der Waals surface area contributed by atoms with Crippen molar-refractivity contribution in [1.82, 2.24) is 5.32 Å². The van der Waals surface area contributed by atoms with Crippen LogP contribution in [0.1, 0.15) is 213 Å². The van der Waals surface area contributed by atoms with Gasteiger partial charge in [-0.25, -0.2) is 4.57 Å². The van der Waals surface area contributed by atoms with Crippen LogP contribution in [0.2, 0.25) is 0 Å². The molecule has 0 saturated carbocycles. The number of hydrogen-bond donors (Lipinski definition) is 4. The van der Waals surface area contributed by atoms with E-state index in [0.717, 1.165) is 64.2 Å². The fraction of sp³-hybridized carbons (Fsp3) is 0.776. The van der Waals surface area contributed by atoms with Gasteiger partial charge in [-0.1, -0.05) is 190 Å². The molecule has 0 rings (SSSR count). The Balaban J connectivity index is 4.26. The number of nitrogens with two attached hydrogens (primary N) is 1. The second-order valence-electron chi connectivity index (χ2n) is 15.9. The largest absolute Gasteiger partial charge is 0.472 e. The molecule has 0 heterocycles. The molecule has 0 spiro atoms. The number of aliphatic hydroxyl groups is 1. The molecule has 0 aromatic rings. The average Bonchev–Trinajstić information content (AvgIpc) is 3.21. The predicted octanol–water partition coefficient (Wildman–Crippen LogP) is 13.8. The van der Waals surface area contributed by atoms with E-state index >= 15 is 0 Å². The molecule has 9 heteroatoms. The summed E-state index contributed by atoms with van der Waals surface area (Å²) < 4.78 is 22.2. The molecular weight excluding hydrogens is 744 g/mol. The molecule has 0 fully saturated rings. The topological polar surface area (TPSA) is 131 Å². The monoisotopic (exact) mass is 835 g/mol. The van der Waals surface area contributed by atoms with Crippen LogP contribution in [0.4, 0.5) is 0 Å². The van der Waals surface area contributed by atoms with Crippen LogP contribution in [0.15, 0.2) is 60.8 Å². The first-order valence-corrected chi connectivity index (χ1v) is 25.4. The van der Waals surface area contributed by atoms with Crippen LogP contribution in [0.5, 0.6) is 0 Å². The molecule has 338 valence electrons. The molecule has 5 N–H and O–H groups in total. The van der Waals surface area contributed by atoms with Gasteiger partial charge in [0.15, 0.2) is 0 Å². The molecule has 0 aromatic carbocycles. The number of nitrogens with one attached hydrogen (secondary N) is 1. The lowest BCUT2D eigenvalue weighted by atomic mass is 10.1. The number of allylic oxidation sites excluding steroid dienone is 9. The van der Waals surface area contributed by atoms with Crippen molar-refractivity contribution in [3.63, 3.8) is 0 Å². The molecule has 0 aliphatic carbocycles. The van der Waals surface area contributed by atoms with E-state index in [-0.39, 0.29) is 25.7 Å². The van der Waals surface area contributed by atoms with Gasteiger partial charge in [-0.15, -0.1) is 0 Å². The molecule has 0 aromatic heterocycles. The van der Waals surface area contributed by atoms with Gasteiger partial charge in [0.1, 0.15) is 0 Å². The van der Waals surface area contributed by atoms with Crippen LogP contribution < -0.4 is 11.1 Å². The number of rotatable bonds is 44. The van der Waals surface area contributed by atoms with Gasteiger partial charge in [0.05, 0.1) is 25.4 Å². The van der Waals surface area contributed by atoms with Gasteiger partial charge in [0, 0.05) is 13.0 Å². The van der Waals surface area contributed by atoms with Crippen molar-refractivity contribution in [2.45, 2.75) is 225 Å². The Labute approximate surface area is 357 Å². The Morgan fingerprint density at radius 2 is 0.966 bits per heavy atom. The summed E-state index contributed by atoms with van der Waals surface area (Å²) in [5.41, 5.74) is 5.38. The first-order chi connectivity index (χ1) is 28.4. The number of amides is 1. The lowest BCUT2D eigenvalue weighted by Gasteiger charge is -2.23. The Morgan fingerprint density at radius 3 is 1.45 bits per heavy atom. The zero-order valence-electron chi connectivity index (χ0n) is 37.5. The molecule has 58 heavy (non-hydrogen) atoms. The Kier molecular flexibility index (Phi) is 43.4. The van der Waals surface area contributed by atoms with E-state index in [0.29, 0.717) is 6.42 Å². The maximum Gasteiger partial charge on any atom is 0.472 e. The van der Waals surface area contributed by atoms with Gasteiger partial charge in [0.25, 0.3) is 0 Å². The normalized spacial score (nSPS) is 14.5. The van der Waals surface area contributed by atoms with E-state index in [1.165, 1.54) is 128 Å². The van der Waals surface area contributed by atoms with E-state index in [1.807, 2.05) is 6.08 Å². The van der Waals surface area contributed by atoms with E-state index in [1.54, 1.807) is 6.08 Å². The Bertz CT molecular complexity index is 1090. The summed E-state index contributed by atoms with van der Waals surface area (Å²) in [4.78, 5) is 22.7. The summed E-state index contributed by atoms with van der Waals surface area (Å²) in [5.74, 6) is -0.217. The molecule has 8 nitrogen and oxygen atoms in total. The highest BCUT2D eigenvalue weighted by atomic mass is 31.2. The van der Waals surface area contributed by atoms with Crippen LogP contribution in [0.3, 0.4) is 0 Å². The first kappa shape index (κ1) is 56.2. The molecule has 0 radical (unpaired) electrons. The number of unbranched alkanes of at least 4 members (excludes halogenated alkanes) is 24. The second-order valence-corrected chi connectivity index (χ2v) is 17.4. The minimum absolute atomic E-state index is 0.0683. The quantitative estimate of drug-likeness (QED) is 0.0273. The Hall–Kier alpha value is -1.80. The summed E-state index contributed by atoms with van der Waals surface area (Å²) in [6, 6.07) is -0.890. The SMILES string of the molecule is CCCCCC/C=C\C/C=C\CCCCCCCCCC(=O)NC(COP(=O)(O)OCCN)C(O)/C=C/CC/C=C/CC/C=C/CCCCCCCCCCCCC. The number of carbonyl (C=O) groups is 1. The van der Waals surface area contributed by atoms with Crippen LogP contribution in [0, 0.1) is 0 Å². The minimum atomic E-state index is -4.36. The summed E-state index contributed by atoms with van der Waals surface area (Å²) in [5, 5.41) is 13.7. The number of carbonyl (C=O) groups excluding carboxylic acids is 1. The van der Waals surface area contributed by atoms with E-state index in [9.17, 15) is 19.4 Å². The van der Waals surface area contributed by atoms with Gasteiger partial charge in [0.2, 0.25) is 5.91 Å². The van der Waals surface area contributed by atoms with Crippen molar-refractivity contribution in [2.75, 3.05) is 19.8 Å². The van der Waals surface area contributed by atoms with Crippen molar-refractivity contribution < 1.29 is 28.4 Å². The van der Waals surface area contributed by atoms with Crippen LogP contribution >= 0.6 is 7.82 Å². The zero-order valence-corrected chi connectivity index (χ0v) is 38.4. The van der Waals surface area contributed by atoms with Gasteiger partial charge >= 0.3 is 7.82 Å². The number of hydrogen-bond acceptors (Lipinski definition) is 6. The fourth-order valence-electron chi connectivity index (χ4n) is 6.66. The van der Waals surface area contributed by atoms with Gasteiger partial charge < -0.3 is 21.1 Å². The van der Waals surface area contributed by atoms with Gasteiger partial charge in [-0.05, 0) is 77.0 Å². The third kappa shape index (κ3) is 42.3. The summed E-state index contributed by atoms with van der Waals surface area (Å²) in [7, 11) is -4.36. The lowest BCUT2D eigenvalue weighted by Crippen LogP contribution is -2.45. The van der Waals surface area contributed by atoms with Crippen molar-refractivity contribution in [3.05, 3.63) is 60.8 Å². The maximum atomic E-state index is 12.8. The molecule has 0 aliphatic heterocycles. The van der Waals surface area contributed by atoms with E-state index in [4.69, 9.17) is 14.8 Å². The number of aliphatic hydroxyl groups excluding tert-OH is 1. The molecule has 3 unspecified atom stereocenters. The average molecular weight is 835 g/mol. The lowest BCUT2D eigenvalue weighted by molar-refractivity contribution is -0.123. The Morgan fingerprint density at radius 1 is 0.569 bits per heavy atom. The van der Waals surface area contributed by atoms with Crippen LogP contribution in [-0.2, 0) is 18.4 Å². The molecule has 0 bridgehead atoms. The smallest absolute Gasteiger partial charge is 0.387 e. The predicted molar refractivity (Wildman–Crippen MR) is 249 cm³/mol. The number of phosphoric acid groups is 1. The highest BCUT2D eigenvalue weighted by Gasteiger charge is 2.26. The molecule has 0 aliphatic rings. The third-order valence-electron chi connectivity index (χ3n) is 10.3.